The van der Waals surface area contributed by atoms with Crippen molar-refractivity contribution in [2.45, 2.75) is 57.1 Å². The summed E-state index contributed by atoms with van der Waals surface area (Å²) in [7, 11) is -2.25. The van der Waals surface area contributed by atoms with E-state index >= 15 is 0 Å². The Bertz CT molecular complexity index is 684. The molecule has 3 atom stereocenters. The highest BCUT2D eigenvalue weighted by molar-refractivity contribution is 7.51. The number of benzene rings is 2. The molecule has 2 aliphatic heterocycles. The van der Waals surface area contributed by atoms with Crippen LogP contribution >= 0.6 is 8.30 Å². The minimum Gasteiger partial charge on any atom is -0.339 e. The largest absolute Gasteiger partial charge is 0.339 e. The minimum atomic E-state index is -1.83. The van der Waals surface area contributed by atoms with E-state index in [0.29, 0.717) is 17.8 Å². The fraction of sp³-hybridized carbons (Fsp3) is 0.455. The predicted molar refractivity (Wildman–Crippen MR) is 115 cm³/mol. The van der Waals surface area contributed by atoms with Crippen LogP contribution in [0.4, 0.5) is 0 Å². The molecule has 0 radical (unpaired) electrons. The number of rotatable bonds is 5. The summed E-state index contributed by atoms with van der Waals surface area (Å²) in [6.07, 6.45) is 3.04. The minimum absolute atomic E-state index is 0.392. The van der Waals surface area contributed by atoms with Crippen molar-refractivity contribution in [1.29, 1.82) is 0 Å². The average Bonchev–Trinajstić information content (AvgIpc) is 3.27. The van der Waals surface area contributed by atoms with Gasteiger partial charge in [-0.1, -0.05) is 91.4 Å². The van der Waals surface area contributed by atoms with E-state index < -0.39 is 16.4 Å². The Labute approximate surface area is 160 Å². The highest BCUT2D eigenvalue weighted by Crippen LogP contribution is 2.58. The third kappa shape index (κ3) is 3.31. The molecule has 1 unspecified atom stereocenters. The van der Waals surface area contributed by atoms with Gasteiger partial charge in [0.25, 0.3) is 0 Å². The molecule has 0 aromatic heterocycles. The molecule has 26 heavy (non-hydrogen) atoms. The van der Waals surface area contributed by atoms with Crippen LogP contribution in [0.2, 0.25) is 12.6 Å². The van der Waals surface area contributed by atoms with Crippen LogP contribution < -0.4 is 10.4 Å². The lowest BCUT2D eigenvalue weighted by atomic mass is 10.1. The van der Waals surface area contributed by atoms with Gasteiger partial charge in [0.1, 0.15) is 16.4 Å². The first kappa shape index (κ1) is 18.4. The second-order valence-corrected chi connectivity index (χ2v) is 14.8. The first-order valence-electron chi connectivity index (χ1n) is 9.93. The zero-order valence-electron chi connectivity index (χ0n) is 16.1. The number of hydrogen-bond donors (Lipinski definition) is 0. The van der Waals surface area contributed by atoms with Crippen molar-refractivity contribution in [3.05, 3.63) is 60.7 Å². The van der Waals surface area contributed by atoms with Gasteiger partial charge < -0.3 is 4.52 Å². The SMILES string of the molecule is CC(C)P1O[C@H](C[Si](C)(c2ccccc2)c2ccccc2)[C@@H]2CCCN21. The van der Waals surface area contributed by atoms with Gasteiger partial charge in [-0.25, -0.2) is 0 Å². The highest BCUT2D eigenvalue weighted by Gasteiger charge is 2.49. The third-order valence-corrected chi connectivity index (χ3v) is 12.9. The van der Waals surface area contributed by atoms with Crippen LogP contribution in [0.25, 0.3) is 0 Å². The molecule has 138 valence electrons. The van der Waals surface area contributed by atoms with Crippen LogP contribution in [-0.4, -0.2) is 37.1 Å². The van der Waals surface area contributed by atoms with Gasteiger partial charge in [-0.2, -0.15) is 0 Å². The van der Waals surface area contributed by atoms with Crippen molar-refractivity contribution in [3.63, 3.8) is 0 Å². The van der Waals surface area contributed by atoms with E-state index in [-0.39, 0.29) is 0 Å². The molecule has 0 aliphatic carbocycles. The van der Waals surface area contributed by atoms with Crippen LogP contribution in [0.5, 0.6) is 0 Å². The average molecular weight is 384 g/mol. The molecule has 2 heterocycles. The summed E-state index contributed by atoms with van der Waals surface area (Å²) >= 11 is 0. The fourth-order valence-electron chi connectivity index (χ4n) is 4.68. The maximum atomic E-state index is 6.75. The number of hydrogen-bond acceptors (Lipinski definition) is 2. The van der Waals surface area contributed by atoms with Gasteiger partial charge in [-0.3, -0.25) is 4.67 Å². The molecule has 2 saturated heterocycles. The van der Waals surface area contributed by atoms with Crippen LogP contribution in [0.1, 0.15) is 26.7 Å². The molecule has 0 N–H and O–H groups in total. The summed E-state index contributed by atoms with van der Waals surface area (Å²) in [5, 5.41) is 3.06. The Morgan fingerprint density at radius 1 is 1.04 bits per heavy atom. The smallest absolute Gasteiger partial charge is 0.117 e. The van der Waals surface area contributed by atoms with E-state index in [1.54, 1.807) is 0 Å². The first-order valence-corrected chi connectivity index (χ1v) is 13.9. The topological polar surface area (TPSA) is 12.5 Å². The lowest BCUT2D eigenvalue weighted by Crippen LogP contribution is -2.58. The monoisotopic (exact) mass is 383 g/mol. The Morgan fingerprint density at radius 3 is 2.15 bits per heavy atom. The summed E-state index contributed by atoms with van der Waals surface area (Å²) in [5.41, 5.74) is 0.622. The van der Waals surface area contributed by atoms with Crippen molar-refractivity contribution in [2.24, 2.45) is 0 Å². The van der Waals surface area contributed by atoms with E-state index in [1.165, 1.54) is 35.8 Å². The molecule has 2 aliphatic rings. The Morgan fingerprint density at radius 2 is 1.62 bits per heavy atom. The van der Waals surface area contributed by atoms with Gasteiger partial charge in [-0.15, -0.1) is 0 Å². The standard InChI is InChI=1S/C22H30NOPSi/c1-18(2)25-23-16-10-15-21(23)22(24-25)17-26(3,19-11-6-4-7-12-19)20-13-8-5-9-14-20/h4-9,11-14,18,21-22H,10,15-17H2,1-3H3/t21-,22+,25?/m0/s1. The summed E-state index contributed by atoms with van der Waals surface area (Å²) in [5.74, 6) is 0. The van der Waals surface area contributed by atoms with E-state index in [2.05, 4.69) is 85.7 Å². The molecule has 4 rings (SSSR count). The Kier molecular flexibility index (Phi) is 5.34. The molecular formula is C22H30NOPSi. The lowest BCUT2D eigenvalue weighted by Gasteiger charge is -2.32. The zero-order chi connectivity index (χ0) is 18.1. The predicted octanol–water partition coefficient (Wildman–Crippen LogP) is 4.46. The van der Waals surface area contributed by atoms with Gasteiger partial charge in [0, 0.05) is 18.2 Å². The maximum absolute atomic E-state index is 6.75. The molecular weight excluding hydrogens is 353 g/mol. The van der Waals surface area contributed by atoms with Crippen molar-refractivity contribution in [1.82, 2.24) is 4.67 Å². The second kappa shape index (κ2) is 7.56. The van der Waals surface area contributed by atoms with Crippen molar-refractivity contribution in [2.75, 3.05) is 6.54 Å². The van der Waals surface area contributed by atoms with Crippen LogP contribution in [-0.2, 0) is 4.52 Å². The van der Waals surface area contributed by atoms with E-state index in [9.17, 15) is 0 Å². The van der Waals surface area contributed by atoms with Gasteiger partial charge in [0.05, 0.1) is 6.10 Å². The highest BCUT2D eigenvalue weighted by atomic mass is 31.2. The molecule has 0 saturated carbocycles. The van der Waals surface area contributed by atoms with E-state index in [0.717, 1.165) is 0 Å². The van der Waals surface area contributed by atoms with Crippen molar-refractivity contribution >= 4 is 26.7 Å². The fourth-order valence-corrected chi connectivity index (χ4v) is 11.0. The third-order valence-electron chi connectivity index (χ3n) is 6.07. The molecule has 2 fully saturated rings. The molecule has 2 nitrogen and oxygen atoms in total. The Hall–Kier alpha value is -0.993. The van der Waals surface area contributed by atoms with E-state index in [1.807, 2.05) is 0 Å². The summed E-state index contributed by atoms with van der Waals surface area (Å²) < 4.78 is 9.47. The normalized spacial score (nSPS) is 26.4. The second-order valence-electron chi connectivity index (χ2n) is 8.18. The Balaban J connectivity index is 1.68. The van der Waals surface area contributed by atoms with E-state index in [4.69, 9.17) is 4.52 Å². The summed E-state index contributed by atoms with van der Waals surface area (Å²) in [6, 6.07) is 24.2. The summed E-state index contributed by atoms with van der Waals surface area (Å²) in [6.45, 7) is 8.43. The van der Waals surface area contributed by atoms with Crippen molar-refractivity contribution < 1.29 is 4.52 Å². The quantitative estimate of drug-likeness (QED) is 0.558. The molecule has 0 bridgehead atoms. The van der Waals surface area contributed by atoms with Gasteiger partial charge in [0.15, 0.2) is 0 Å². The van der Waals surface area contributed by atoms with Crippen LogP contribution in [0, 0.1) is 0 Å². The van der Waals surface area contributed by atoms with Gasteiger partial charge in [-0.05, 0) is 18.9 Å². The molecule has 0 amide bonds. The number of nitrogens with zero attached hydrogens (tertiary/aromatic N) is 1. The number of fused-ring (bicyclic) bond motifs is 1. The maximum Gasteiger partial charge on any atom is 0.117 e. The molecule has 2 aromatic rings. The van der Waals surface area contributed by atoms with Crippen LogP contribution in [0.3, 0.4) is 0 Å². The summed E-state index contributed by atoms with van der Waals surface area (Å²) in [4.78, 5) is 0. The van der Waals surface area contributed by atoms with Crippen LogP contribution in [0.15, 0.2) is 60.7 Å². The zero-order valence-corrected chi connectivity index (χ0v) is 18.0. The van der Waals surface area contributed by atoms with Crippen molar-refractivity contribution in [3.8, 4) is 0 Å². The molecule has 4 heteroatoms. The van der Waals surface area contributed by atoms with Gasteiger partial charge >= 0.3 is 0 Å². The lowest BCUT2D eigenvalue weighted by molar-refractivity contribution is 0.229. The molecule has 2 aromatic carbocycles. The first-order chi connectivity index (χ1) is 12.6. The van der Waals surface area contributed by atoms with Gasteiger partial charge in [0.2, 0.25) is 0 Å². The molecule has 0 spiro atoms.